The van der Waals surface area contributed by atoms with Gasteiger partial charge in [-0.15, -0.1) is 6.58 Å². The summed E-state index contributed by atoms with van der Waals surface area (Å²) in [6.07, 6.45) is 1.26. The highest BCUT2D eigenvalue weighted by atomic mass is 16.5. The standard InChI is InChI=1S/C20H19NO4/c1-3-11-21-17-10-5-4-9-16(17)20(24,19(21)23)13-18(22)14-7-6-8-15(12-14)25-2/h3-10,12,24H,1,11,13H2,2H3/t20-/m1/s1. The molecule has 0 radical (unpaired) electrons. The first-order valence-corrected chi connectivity index (χ1v) is 7.93. The van der Waals surface area contributed by atoms with Crippen molar-refractivity contribution in [2.75, 3.05) is 18.6 Å². The number of hydrogen-bond donors (Lipinski definition) is 1. The van der Waals surface area contributed by atoms with Gasteiger partial charge < -0.3 is 14.7 Å². The minimum Gasteiger partial charge on any atom is -0.497 e. The smallest absolute Gasteiger partial charge is 0.264 e. The molecule has 1 amide bonds. The third-order valence-corrected chi connectivity index (χ3v) is 4.36. The van der Waals surface area contributed by atoms with Gasteiger partial charge in [-0.2, -0.15) is 0 Å². The van der Waals surface area contributed by atoms with Crippen molar-refractivity contribution in [1.29, 1.82) is 0 Å². The van der Waals surface area contributed by atoms with Crippen molar-refractivity contribution < 1.29 is 19.4 Å². The van der Waals surface area contributed by atoms with Crippen LogP contribution < -0.4 is 9.64 Å². The predicted octanol–water partition coefficient (Wildman–Crippen LogP) is 2.69. The molecule has 0 unspecified atom stereocenters. The lowest BCUT2D eigenvalue weighted by atomic mass is 9.88. The van der Waals surface area contributed by atoms with Crippen LogP contribution in [0.5, 0.6) is 5.75 Å². The second-order valence-electron chi connectivity index (χ2n) is 5.91. The van der Waals surface area contributed by atoms with Crippen molar-refractivity contribution in [3.63, 3.8) is 0 Å². The van der Waals surface area contributed by atoms with Crippen LogP contribution in [0, 0.1) is 0 Å². The predicted molar refractivity (Wildman–Crippen MR) is 94.8 cm³/mol. The third kappa shape index (κ3) is 2.83. The summed E-state index contributed by atoms with van der Waals surface area (Å²) in [7, 11) is 1.51. The molecule has 1 atom stereocenters. The highest BCUT2D eigenvalue weighted by Gasteiger charge is 2.50. The Bertz CT molecular complexity index is 845. The third-order valence-electron chi connectivity index (χ3n) is 4.36. The normalized spacial score (nSPS) is 18.8. The number of aliphatic hydroxyl groups is 1. The van der Waals surface area contributed by atoms with Crippen LogP contribution in [0.1, 0.15) is 22.3 Å². The number of ether oxygens (including phenoxy) is 1. The molecule has 0 aromatic heterocycles. The number of carbonyl (C=O) groups is 2. The number of fused-ring (bicyclic) bond motifs is 1. The largest absolute Gasteiger partial charge is 0.497 e. The monoisotopic (exact) mass is 337 g/mol. The number of hydrogen-bond acceptors (Lipinski definition) is 4. The van der Waals surface area contributed by atoms with Gasteiger partial charge >= 0.3 is 0 Å². The number of ketones is 1. The van der Waals surface area contributed by atoms with Gasteiger partial charge in [0.2, 0.25) is 0 Å². The van der Waals surface area contributed by atoms with Crippen LogP contribution in [-0.2, 0) is 10.4 Å². The number of rotatable bonds is 6. The topological polar surface area (TPSA) is 66.8 Å². The van der Waals surface area contributed by atoms with Crippen LogP contribution in [-0.4, -0.2) is 30.5 Å². The van der Waals surface area contributed by atoms with Crippen LogP contribution in [0.3, 0.4) is 0 Å². The fraction of sp³-hybridized carbons (Fsp3) is 0.200. The maximum Gasteiger partial charge on any atom is 0.264 e. The molecule has 1 aliphatic heterocycles. The lowest BCUT2D eigenvalue weighted by Gasteiger charge is -2.22. The van der Waals surface area contributed by atoms with Gasteiger partial charge in [-0.1, -0.05) is 36.4 Å². The first-order chi connectivity index (χ1) is 12.0. The molecule has 2 aromatic carbocycles. The fourth-order valence-corrected chi connectivity index (χ4v) is 3.12. The molecule has 0 fully saturated rings. The fourth-order valence-electron chi connectivity index (χ4n) is 3.12. The van der Waals surface area contributed by atoms with Crippen molar-refractivity contribution in [3.05, 3.63) is 72.3 Å². The van der Waals surface area contributed by atoms with Crippen LogP contribution in [0.4, 0.5) is 5.69 Å². The summed E-state index contributed by atoms with van der Waals surface area (Å²) in [6.45, 7) is 3.92. The van der Waals surface area contributed by atoms with Gasteiger partial charge in [0, 0.05) is 17.7 Å². The molecule has 0 bridgehead atoms. The minimum absolute atomic E-state index is 0.269. The van der Waals surface area contributed by atoms with E-state index in [0.717, 1.165) is 0 Å². The Morgan fingerprint density at radius 1 is 1.28 bits per heavy atom. The van der Waals surface area contributed by atoms with E-state index >= 15 is 0 Å². The van der Waals surface area contributed by atoms with Crippen molar-refractivity contribution in [2.45, 2.75) is 12.0 Å². The zero-order valence-electron chi connectivity index (χ0n) is 13.9. The Hall–Kier alpha value is -2.92. The lowest BCUT2D eigenvalue weighted by molar-refractivity contribution is -0.135. The summed E-state index contributed by atoms with van der Waals surface area (Å²) < 4.78 is 5.13. The molecular formula is C20H19NO4. The van der Waals surface area contributed by atoms with E-state index in [1.165, 1.54) is 12.0 Å². The second-order valence-corrected chi connectivity index (χ2v) is 5.91. The van der Waals surface area contributed by atoms with Crippen molar-refractivity contribution in [1.82, 2.24) is 0 Å². The van der Waals surface area contributed by atoms with Gasteiger partial charge in [-0.05, 0) is 18.2 Å². The van der Waals surface area contributed by atoms with E-state index in [1.807, 2.05) is 0 Å². The Balaban J connectivity index is 1.96. The quantitative estimate of drug-likeness (QED) is 0.650. The van der Waals surface area contributed by atoms with E-state index in [-0.39, 0.29) is 18.7 Å². The van der Waals surface area contributed by atoms with E-state index < -0.39 is 11.5 Å². The Labute approximate surface area is 146 Å². The van der Waals surface area contributed by atoms with E-state index in [4.69, 9.17) is 4.74 Å². The highest BCUT2D eigenvalue weighted by molar-refractivity contribution is 6.10. The number of carbonyl (C=O) groups excluding carboxylic acids is 2. The Morgan fingerprint density at radius 2 is 2.04 bits per heavy atom. The summed E-state index contributed by atoms with van der Waals surface area (Å²) in [4.78, 5) is 26.9. The van der Waals surface area contributed by atoms with Gasteiger partial charge in [-0.25, -0.2) is 0 Å². The average molecular weight is 337 g/mol. The molecule has 5 heteroatoms. The van der Waals surface area contributed by atoms with E-state index in [2.05, 4.69) is 6.58 Å². The zero-order valence-corrected chi connectivity index (χ0v) is 13.9. The molecule has 5 nitrogen and oxygen atoms in total. The maximum absolute atomic E-state index is 12.8. The van der Waals surface area contributed by atoms with Gasteiger partial charge in [0.05, 0.1) is 19.2 Å². The van der Waals surface area contributed by atoms with E-state index in [0.29, 0.717) is 22.6 Å². The molecule has 2 aromatic rings. The SMILES string of the molecule is C=CCN1C(=O)[C@@](O)(CC(=O)c2cccc(OC)c2)c2ccccc21. The molecule has 128 valence electrons. The summed E-state index contributed by atoms with van der Waals surface area (Å²) in [5.41, 5.74) is -0.439. The molecule has 1 aliphatic rings. The molecular weight excluding hydrogens is 318 g/mol. The summed E-state index contributed by atoms with van der Waals surface area (Å²) in [5, 5.41) is 11.1. The van der Waals surface area contributed by atoms with Crippen LogP contribution >= 0.6 is 0 Å². The van der Waals surface area contributed by atoms with Crippen molar-refractivity contribution in [2.24, 2.45) is 0 Å². The van der Waals surface area contributed by atoms with Gasteiger partial charge in [-0.3, -0.25) is 9.59 Å². The van der Waals surface area contributed by atoms with Crippen molar-refractivity contribution in [3.8, 4) is 5.75 Å². The number of amides is 1. The molecule has 0 spiro atoms. The van der Waals surface area contributed by atoms with Crippen molar-refractivity contribution >= 4 is 17.4 Å². The van der Waals surface area contributed by atoms with Crippen LogP contribution in [0.2, 0.25) is 0 Å². The molecule has 0 saturated carbocycles. The minimum atomic E-state index is -1.88. The summed E-state index contributed by atoms with van der Waals surface area (Å²) in [5.74, 6) is -0.292. The average Bonchev–Trinajstić information content (AvgIpc) is 2.84. The summed E-state index contributed by atoms with van der Waals surface area (Å²) >= 11 is 0. The number of para-hydroxylation sites is 1. The van der Waals surface area contributed by atoms with Crippen LogP contribution in [0.25, 0.3) is 0 Å². The maximum atomic E-state index is 12.8. The molecule has 0 saturated heterocycles. The second kappa shape index (κ2) is 6.53. The molecule has 0 aliphatic carbocycles. The lowest BCUT2D eigenvalue weighted by Crippen LogP contribution is -2.41. The van der Waals surface area contributed by atoms with E-state index in [9.17, 15) is 14.7 Å². The molecule has 25 heavy (non-hydrogen) atoms. The van der Waals surface area contributed by atoms with Gasteiger partial charge in [0.25, 0.3) is 5.91 Å². The zero-order chi connectivity index (χ0) is 18.0. The highest BCUT2D eigenvalue weighted by Crippen LogP contribution is 2.42. The first-order valence-electron chi connectivity index (χ1n) is 7.93. The Kier molecular flexibility index (Phi) is 4.42. The number of anilines is 1. The number of benzene rings is 2. The number of nitrogens with zero attached hydrogens (tertiary/aromatic N) is 1. The Morgan fingerprint density at radius 3 is 2.76 bits per heavy atom. The molecule has 1 heterocycles. The number of methoxy groups -OCH3 is 1. The summed E-state index contributed by atoms with van der Waals surface area (Å²) in [6, 6.07) is 13.6. The van der Waals surface area contributed by atoms with E-state index in [1.54, 1.807) is 54.6 Å². The van der Waals surface area contributed by atoms with Gasteiger partial charge in [0.1, 0.15) is 5.75 Å². The molecule has 3 rings (SSSR count). The first kappa shape index (κ1) is 16.9. The van der Waals surface area contributed by atoms with Gasteiger partial charge in [0.15, 0.2) is 11.4 Å². The number of Topliss-reactive ketones (excluding diaryl/α,β-unsaturated/α-hetero) is 1. The molecule has 1 N–H and O–H groups in total. The van der Waals surface area contributed by atoms with Crippen LogP contribution in [0.15, 0.2) is 61.2 Å².